The standard InChI is InChI=1S/C10H12N4S/c1-7(8-5-3-2-4-6-8)12-10-13-9(11)14-15-10/h2-7H,1H3,(H3,11,12,13,14). The Kier molecular flexibility index (Phi) is 2.82. The summed E-state index contributed by atoms with van der Waals surface area (Å²) in [7, 11) is 0. The monoisotopic (exact) mass is 220 g/mol. The first-order valence-corrected chi connectivity index (χ1v) is 5.43. The number of benzene rings is 1. The normalized spacial score (nSPS) is 12.3. The van der Waals surface area contributed by atoms with E-state index in [1.807, 2.05) is 18.2 Å². The van der Waals surface area contributed by atoms with Crippen LogP contribution in [-0.2, 0) is 0 Å². The fourth-order valence-corrected chi connectivity index (χ4v) is 1.89. The summed E-state index contributed by atoms with van der Waals surface area (Å²) in [6.45, 7) is 2.08. The fourth-order valence-electron chi connectivity index (χ4n) is 1.30. The Morgan fingerprint density at radius 3 is 2.67 bits per heavy atom. The quantitative estimate of drug-likeness (QED) is 0.833. The second-order valence-electron chi connectivity index (χ2n) is 3.23. The lowest BCUT2D eigenvalue weighted by atomic mass is 10.1. The van der Waals surface area contributed by atoms with E-state index < -0.39 is 0 Å². The van der Waals surface area contributed by atoms with Crippen molar-refractivity contribution in [3.05, 3.63) is 35.9 Å². The maximum absolute atomic E-state index is 5.44. The van der Waals surface area contributed by atoms with Crippen LogP contribution in [0.5, 0.6) is 0 Å². The summed E-state index contributed by atoms with van der Waals surface area (Å²) < 4.78 is 3.91. The molecule has 1 aromatic carbocycles. The molecule has 0 saturated heterocycles. The van der Waals surface area contributed by atoms with Crippen molar-refractivity contribution in [1.29, 1.82) is 0 Å². The SMILES string of the molecule is CC(Nc1nc(N)ns1)c1ccccc1. The molecule has 0 spiro atoms. The minimum Gasteiger partial charge on any atom is -0.367 e. The molecule has 78 valence electrons. The van der Waals surface area contributed by atoms with Gasteiger partial charge in [0.25, 0.3) is 0 Å². The number of nitrogens with one attached hydrogen (secondary N) is 1. The lowest BCUT2D eigenvalue weighted by Crippen LogP contribution is -2.06. The van der Waals surface area contributed by atoms with Gasteiger partial charge in [-0.15, -0.1) is 0 Å². The maximum atomic E-state index is 5.44. The van der Waals surface area contributed by atoms with Crippen LogP contribution in [-0.4, -0.2) is 9.36 Å². The van der Waals surface area contributed by atoms with E-state index in [-0.39, 0.29) is 6.04 Å². The average molecular weight is 220 g/mol. The van der Waals surface area contributed by atoms with Crippen LogP contribution in [0.15, 0.2) is 30.3 Å². The molecule has 4 nitrogen and oxygen atoms in total. The number of hydrogen-bond acceptors (Lipinski definition) is 5. The third-order valence-electron chi connectivity index (χ3n) is 2.08. The fraction of sp³-hybridized carbons (Fsp3) is 0.200. The molecular formula is C10H12N4S. The Hall–Kier alpha value is -1.62. The number of nitrogens with zero attached hydrogens (tertiary/aromatic N) is 2. The first-order chi connectivity index (χ1) is 7.25. The highest BCUT2D eigenvalue weighted by molar-refractivity contribution is 7.09. The average Bonchev–Trinajstić information content (AvgIpc) is 2.65. The summed E-state index contributed by atoms with van der Waals surface area (Å²) in [5.41, 5.74) is 6.66. The number of nitrogens with two attached hydrogens (primary N) is 1. The molecule has 1 heterocycles. The molecule has 15 heavy (non-hydrogen) atoms. The minimum atomic E-state index is 0.207. The van der Waals surface area contributed by atoms with Gasteiger partial charge in [0.15, 0.2) is 0 Å². The van der Waals surface area contributed by atoms with Gasteiger partial charge in [0.1, 0.15) is 0 Å². The molecule has 0 aliphatic heterocycles. The van der Waals surface area contributed by atoms with Crippen molar-refractivity contribution in [3.8, 4) is 0 Å². The second-order valence-corrected chi connectivity index (χ2v) is 3.99. The van der Waals surface area contributed by atoms with Crippen molar-refractivity contribution < 1.29 is 0 Å². The minimum absolute atomic E-state index is 0.207. The van der Waals surface area contributed by atoms with Gasteiger partial charge in [-0.05, 0) is 12.5 Å². The van der Waals surface area contributed by atoms with Crippen LogP contribution in [0.3, 0.4) is 0 Å². The molecule has 2 aromatic rings. The molecule has 0 amide bonds. The molecule has 0 fully saturated rings. The van der Waals surface area contributed by atoms with Crippen molar-refractivity contribution in [2.24, 2.45) is 0 Å². The Balaban J connectivity index is 2.07. The zero-order valence-electron chi connectivity index (χ0n) is 8.34. The highest BCUT2D eigenvalue weighted by Gasteiger charge is 2.07. The largest absolute Gasteiger partial charge is 0.367 e. The molecular weight excluding hydrogens is 208 g/mol. The maximum Gasteiger partial charge on any atom is 0.233 e. The predicted molar refractivity (Wildman–Crippen MR) is 62.8 cm³/mol. The lowest BCUT2D eigenvalue weighted by molar-refractivity contribution is 0.882. The van der Waals surface area contributed by atoms with Crippen molar-refractivity contribution in [2.45, 2.75) is 13.0 Å². The van der Waals surface area contributed by atoms with E-state index in [2.05, 4.69) is 33.7 Å². The molecule has 3 N–H and O–H groups in total. The van der Waals surface area contributed by atoms with Crippen molar-refractivity contribution in [3.63, 3.8) is 0 Å². The predicted octanol–water partition coefficient (Wildman–Crippen LogP) is 2.29. The molecule has 2 rings (SSSR count). The highest BCUT2D eigenvalue weighted by atomic mass is 32.1. The summed E-state index contributed by atoms with van der Waals surface area (Å²) in [6, 6.07) is 10.4. The number of rotatable bonds is 3. The van der Waals surface area contributed by atoms with Crippen molar-refractivity contribution in [2.75, 3.05) is 11.1 Å². The Bertz CT molecular complexity index is 426. The first kappa shape index (κ1) is 9.92. The van der Waals surface area contributed by atoms with E-state index in [0.717, 1.165) is 5.13 Å². The summed E-state index contributed by atoms with van der Waals surface area (Å²) >= 11 is 1.28. The van der Waals surface area contributed by atoms with Crippen LogP contribution >= 0.6 is 11.5 Å². The highest BCUT2D eigenvalue weighted by Crippen LogP contribution is 2.20. The summed E-state index contributed by atoms with van der Waals surface area (Å²) in [5, 5.41) is 4.00. The van der Waals surface area contributed by atoms with Gasteiger partial charge in [-0.2, -0.15) is 9.36 Å². The molecule has 0 saturated carbocycles. The second kappa shape index (κ2) is 4.27. The van der Waals surface area contributed by atoms with Gasteiger partial charge in [-0.3, -0.25) is 0 Å². The van der Waals surface area contributed by atoms with Crippen molar-refractivity contribution >= 4 is 22.6 Å². The van der Waals surface area contributed by atoms with E-state index in [0.29, 0.717) is 5.95 Å². The van der Waals surface area contributed by atoms with Crippen LogP contribution in [0, 0.1) is 0 Å². The van der Waals surface area contributed by atoms with E-state index >= 15 is 0 Å². The summed E-state index contributed by atoms with van der Waals surface area (Å²) in [4.78, 5) is 4.05. The molecule has 1 unspecified atom stereocenters. The lowest BCUT2D eigenvalue weighted by Gasteiger charge is -2.12. The smallest absolute Gasteiger partial charge is 0.233 e. The van der Waals surface area contributed by atoms with Gasteiger partial charge in [-0.1, -0.05) is 30.3 Å². The first-order valence-electron chi connectivity index (χ1n) is 4.66. The topological polar surface area (TPSA) is 63.8 Å². The third-order valence-corrected chi connectivity index (χ3v) is 2.74. The zero-order valence-corrected chi connectivity index (χ0v) is 9.16. The number of anilines is 2. The number of aromatic nitrogens is 2. The summed E-state index contributed by atoms with van der Waals surface area (Å²) in [6.07, 6.45) is 0. The Morgan fingerprint density at radius 1 is 1.33 bits per heavy atom. The van der Waals surface area contributed by atoms with Gasteiger partial charge in [0.05, 0.1) is 6.04 Å². The van der Waals surface area contributed by atoms with Crippen LogP contribution < -0.4 is 11.1 Å². The Morgan fingerprint density at radius 2 is 2.07 bits per heavy atom. The van der Waals surface area contributed by atoms with Gasteiger partial charge in [-0.25, -0.2) is 0 Å². The van der Waals surface area contributed by atoms with E-state index in [4.69, 9.17) is 5.73 Å². The van der Waals surface area contributed by atoms with Gasteiger partial charge < -0.3 is 11.1 Å². The molecule has 5 heteroatoms. The van der Waals surface area contributed by atoms with E-state index in [1.54, 1.807) is 0 Å². The van der Waals surface area contributed by atoms with Gasteiger partial charge in [0.2, 0.25) is 11.1 Å². The van der Waals surface area contributed by atoms with Gasteiger partial charge >= 0.3 is 0 Å². The zero-order chi connectivity index (χ0) is 10.7. The third kappa shape index (κ3) is 2.44. The Labute approximate surface area is 92.3 Å². The van der Waals surface area contributed by atoms with Gasteiger partial charge in [0, 0.05) is 11.5 Å². The molecule has 1 atom stereocenters. The molecule has 0 radical (unpaired) electrons. The molecule has 1 aromatic heterocycles. The van der Waals surface area contributed by atoms with E-state index in [1.165, 1.54) is 17.1 Å². The number of nitrogen functional groups attached to an aromatic ring is 1. The van der Waals surface area contributed by atoms with Crippen LogP contribution in [0.4, 0.5) is 11.1 Å². The number of hydrogen-bond donors (Lipinski definition) is 2. The van der Waals surface area contributed by atoms with Crippen molar-refractivity contribution in [1.82, 2.24) is 9.36 Å². The molecule has 0 bridgehead atoms. The summed E-state index contributed by atoms with van der Waals surface area (Å²) in [5.74, 6) is 0.322. The van der Waals surface area contributed by atoms with E-state index in [9.17, 15) is 0 Å². The van der Waals surface area contributed by atoms with Crippen LogP contribution in [0.2, 0.25) is 0 Å². The van der Waals surface area contributed by atoms with Crippen LogP contribution in [0.25, 0.3) is 0 Å². The molecule has 0 aliphatic carbocycles. The molecule has 0 aliphatic rings. The van der Waals surface area contributed by atoms with Crippen LogP contribution in [0.1, 0.15) is 18.5 Å².